The van der Waals surface area contributed by atoms with E-state index in [1.54, 1.807) is 23.2 Å². The molecule has 8 heteroatoms. The van der Waals surface area contributed by atoms with E-state index < -0.39 is 0 Å². The summed E-state index contributed by atoms with van der Waals surface area (Å²) in [6.45, 7) is 2.93. The van der Waals surface area contributed by atoms with Crippen LogP contribution in [0.5, 0.6) is 0 Å². The topological polar surface area (TPSA) is 87.1 Å². The predicted molar refractivity (Wildman–Crippen MR) is 104 cm³/mol. The van der Waals surface area contributed by atoms with Crippen molar-refractivity contribution in [2.24, 2.45) is 7.05 Å². The number of likely N-dealkylation sites (tertiary alicyclic amines) is 2. The van der Waals surface area contributed by atoms with E-state index in [9.17, 15) is 9.59 Å². The Kier molecular flexibility index (Phi) is 5.45. The number of hydrogen-bond acceptors (Lipinski definition) is 4. The molecule has 0 bridgehead atoms. The highest BCUT2D eigenvalue weighted by Crippen LogP contribution is 2.29. The zero-order chi connectivity index (χ0) is 19.5. The molecule has 1 N–H and O–H groups in total. The number of carbonyl (C=O) groups is 2. The molecule has 0 aliphatic carbocycles. The third kappa shape index (κ3) is 3.68. The first-order valence-electron chi connectivity index (χ1n) is 10.2. The fourth-order valence-corrected chi connectivity index (χ4v) is 4.33. The van der Waals surface area contributed by atoms with E-state index >= 15 is 0 Å². The molecule has 8 nitrogen and oxygen atoms in total. The Hall–Kier alpha value is -2.64. The summed E-state index contributed by atoms with van der Waals surface area (Å²) in [7, 11) is 1.83. The predicted octanol–water partition coefficient (Wildman–Crippen LogP) is 2.18. The summed E-state index contributed by atoms with van der Waals surface area (Å²) >= 11 is 0. The molecule has 0 spiro atoms. The van der Waals surface area contributed by atoms with E-state index in [-0.39, 0.29) is 17.7 Å². The Bertz CT molecular complexity index is 833. The molecular weight excluding hydrogens is 356 g/mol. The number of aromatic amines is 1. The van der Waals surface area contributed by atoms with Gasteiger partial charge in [0.2, 0.25) is 0 Å². The van der Waals surface area contributed by atoms with Gasteiger partial charge in [0.1, 0.15) is 0 Å². The molecule has 2 amide bonds. The fourth-order valence-electron chi connectivity index (χ4n) is 4.33. The number of carbonyl (C=O) groups excluding carboxylic acids is 2. The molecular formula is C20H28N6O2. The van der Waals surface area contributed by atoms with Gasteiger partial charge in [-0.05, 0) is 25.7 Å². The third-order valence-electron chi connectivity index (χ3n) is 5.92. The zero-order valence-electron chi connectivity index (χ0n) is 16.4. The normalized spacial score (nSPS) is 20.8. The second kappa shape index (κ2) is 8.16. The van der Waals surface area contributed by atoms with Crippen LogP contribution in [0.25, 0.3) is 0 Å². The molecule has 0 unspecified atom stereocenters. The van der Waals surface area contributed by atoms with Gasteiger partial charge in [0.25, 0.3) is 11.8 Å². The second-order valence-electron chi connectivity index (χ2n) is 7.86. The number of aryl methyl sites for hydroxylation is 1. The molecule has 1 atom stereocenters. The summed E-state index contributed by atoms with van der Waals surface area (Å²) in [6.07, 6.45) is 11.4. The van der Waals surface area contributed by atoms with Crippen LogP contribution in [-0.4, -0.2) is 67.5 Å². The standard InChI is InChI=1S/C20H28N6O2/c1-24-12-8-21-18(24)20(28)26-11-6-7-15(14-26)17-16(13-22-23-17)19(27)25-9-4-2-3-5-10-25/h8,12-13,15H,2-7,9-11,14H2,1H3,(H,22,23)/t15-/m1/s1. The minimum atomic E-state index is -0.0582. The second-order valence-corrected chi connectivity index (χ2v) is 7.86. The van der Waals surface area contributed by atoms with Crippen LogP contribution >= 0.6 is 0 Å². The number of H-pyrrole nitrogens is 1. The van der Waals surface area contributed by atoms with Gasteiger partial charge in [-0.25, -0.2) is 4.98 Å². The first-order valence-corrected chi connectivity index (χ1v) is 10.2. The number of piperidine rings is 1. The maximum absolute atomic E-state index is 13.1. The van der Waals surface area contributed by atoms with Crippen LogP contribution in [0, 0.1) is 0 Å². The highest BCUT2D eigenvalue weighted by Gasteiger charge is 2.31. The minimum Gasteiger partial charge on any atom is -0.339 e. The van der Waals surface area contributed by atoms with Gasteiger partial charge in [0.15, 0.2) is 5.82 Å². The molecule has 2 fully saturated rings. The highest BCUT2D eigenvalue weighted by molar-refractivity contribution is 5.95. The van der Waals surface area contributed by atoms with Crippen molar-refractivity contribution in [3.05, 3.63) is 35.7 Å². The van der Waals surface area contributed by atoms with Crippen molar-refractivity contribution in [1.82, 2.24) is 29.5 Å². The maximum atomic E-state index is 13.1. The lowest BCUT2D eigenvalue weighted by atomic mass is 9.92. The number of imidazole rings is 1. The summed E-state index contributed by atoms with van der Waals surface area (Å²) in [5, 5.41) is 7.24. The minimum absolute atomic E-state index is 0.0582. The van der Waals surface area contributed by atoms with E-state index in [0.29, 0.717) is 24.5 Å². The zero-order valence-corrected chi connectivity index (χ0v) is 16.4. The van der Waals surface area contributed by atoms with Gasteiger partial charge in [0.05, 0.1) is 17.5 Å². The molecule has 0 aromatic carbocycles. The lowest BCUT2D eigenvalue weighted by Gasteiger charge is -2.32. The lowest BCUT2D eigenvalue weighted by molar-refractivity contribution is 0.0689. The molecule has 150 valence electrons. The number of nitrogens with one attached hydrogen (secondary N) is 1. The van der Waals surface area contributed by atoms with Crippen molar-refractivity contribution < 1.29 is 9.59 Å². The van der Waals surface area contributed by atoms with Crippen molar-refractivity contribution in [1.29, 1.82) is 0 Å². The Labute approximate surface area is 164 Å². The molecule has 4 heterocycles. The largest absolute Gasteiger partial charge is 0.339 e. The highest BCUT2D eigenvalue weighted by atomic mass is 16.2. The van der Waals surface area contributed by atoms with Crippen molar-refractivity contribution in [3.63, 3.8) is 0 Å². The van der Waals surface area contributed by atoms with Crippen molar-refractivity contribution in [2.45, 2.75) is 44.4 Å². The van der Waals surface area contributed by atoms with Crippen LogP contribution < -0.4 is 0 Å². The van der Waals surface area contributed by atoms with Crippen LogP contribution in [0.3, 0.4) is 0 Å². The van der Waals surface area contributed by atoms with E-state index in [0.717, 1.165) is 44.5 Å². The van der Waals surface area contributed by atoms with Crippen LogP contribution in [0.1, 0.15) is 71.1 Å². The summed E-state index contributed by atoms with van der Waals surface area (Å²) in [5.41, 5.74) is 1.53. The van der Waals surface area contributed by atoms with Crippen LogP contribution in [-0.2, 0) is 7.05 Å². The maximum Gasteiger partial charge on any atom is 0.289 e. The van der Waals surface area contributed by atoms with Crippen molar-refractivity contribution in [2.75, 3.05) is 26.2 Å². The first-order chi connectivity index (χ1) is 13.6. The first kappa shape index (κ1) is 18.7. The molecule has 2 aromatic rings. The van der Waals surface area contributed by atoms with Gasteiger partial charge in [-0.3, -0.25) is 14.7 Å². The van der Waals surface area contributed by atoms with Gasteiger partial charge in [-0.2, -0.15) is 5.10 Å². The fraction of sp³-hybridized carbons (Fsp3) is 0.600. The Balaban J connectivity index is 1.50. The lowest BCUT2D eigenvalue weighted by Crippen LogP contribution is -2.41. The molecule has 0 radical (unpaired) electrons. The average molecular weight is 384 g/mol. The average Bonchev–Trinajstić information content (AvgIpc) is 3.28. The summed E-state index contributed by atoms with van der Waals surface area (Å²) in [6, 6.07) is 0. The SMILES string of the molecule is Cn1ccnc1C(=O)N1CCC[C@@H](c2[nH]ncc2C(=O)N2CCCCCC2)C1. The van der Waals surface area contributed by atoms with E-state index in [1.807, 2.05) is 16.8 Å². The Morgan fingerprint density at radius 2 is 1.79 bits per heavy atom. The number of amides is 2. The smallest absolute Gasteiger partial charge is 0.289 e. The van der Waals surface area contributed by atoms with E-state index in [1.165, 1.54) is 12.8 Å². The number of rotatable bonds is 3. The van der Waals surface area contributed by atoms with Crippen LogP contribution in [0.15, 0.2) is 18.6 Å². The molecule has 4 rings (SSSR count). The monoisotopic (exact) mass is 384 g/mol. The summed E-state index contributed by atoms with van der Waals surface area (Å²) in [4.78, 5) is 33.9. The third-order valence-corrected chi connectivity index (χ3v) is 5.92. The van der Waals surface area contributed by atoms with Crippen LogP contribution in [0.4, 0.5) is 0 Å². The summed E-state index contributed by atoms with van der Waals surface area (Å²) < 4.78 is 1.75. The molecule has 2 aliphatic heterocycles. The molecule has 2 aromatic heterocycles. The van der Waals surface area contributed by atoms with Gasteiger partial charge >= 0.3 is 0 Å². The molecule has 2 saturated heterocycles. The van der Waals surface area contributed by atoms with Crippen molar-refractivity contribution >= 4 is 11.8 Å². The van der Waals surface area contributed by atoms with E-state index in [2.05, 4.69) is 15.2 Å². The van der Waals surface area contributed by atoms with E-state index in [4.69, 9.17) is 0 Å². The van der Waals surface area contributed by atoms with Crippen molar-refractivity contribution in [3.8, 4) is 0 Å². The number of nitrogens with zero attached hydrogens (tertiary/aromatic N) is 5. The Morgan fingerprint density at radius 3 is 2.50 bits per heavy atom. The van der Waals surface area contributed by atoms with Crippen LogP contribution in [0.2, 0.25) is 0 Å². The molecule has 28 heavy (non-hydrogen) atoms. The van der Waals surface area contributed by atoms with Gasteiger partial charge in [0, 0.05) is 51.5 Å². The summed E-state index contributed by atoms with van der Waals surface area (Å²) in [5.74, 6) is 0.549. The van der Waals surface area contributed by atoms with Gasteiger partial charge < -0.3 is 14.4 Å². The Morgan fingerprint density at radius 1 is 1.04 bits per heavy atom. The molecule has 0 saturated carbocycles. The number of hydrogen-bond donors (Lipinski definition) is 1. The number of aromatic nitrogens is 4. The van der Waals surface area contributed by atoms with Gasteiger partial charge in [-0.1, -0.05) is 12.8 Å². The quantitative estimate of drug-likeness (QED) is 0.879. The van der Waals surface area contributed by atoms with Gasteiger partial charge in [-0.15, -0.1) is 0 Å². The molecule has 2 aliphatic rings.